The minimum absolute atomic E-state index is 0.0193. The van der Waals surface area contributed by atoms with Crippen LogP contribution in [0.5, 0.6) is 5.75 Å². The summed E-state index contributed by atoms with van der Waals surface area (Å²) in [7, 11) is 1.56. The van der Waals surface area contributed by atoms with Gasteiger partial charge in [-0.3, -0.25) is 9.69 Å². The van der Waals surface area contributed by atoms with Crippen molar-refractivity contribution in [2.24, 2.45) is 0 Å². The molecule has 2 aliphatic heterocycles. The Morgan fingerprint density at radius 3 is 2.65 bits per heavy atom. The van der Waals surface area contributed by atoms with Gasteiger partial charge in [-0.1, -0.05) is 0 Å². The monoisotopic (exact) mass is 554 g/mol. The molecule has 1 N–H and O–H groups in total. The predicted octanol–water partition coefficient (Wildman–Crippen LogP) is 3.91. The number of carbonyl (C=O) groups excluding carboxylic acids is 1. The van der Waals surface area contributed by atoms with E-state index in [1.54, 1.807) is 38.3 Å². The number of anilines is 2. The number of nitrogens with zero attached hydrogens (tertiary/aromatic N) is 3. The first-order valence-electron chi connectivity index (χ1n) is 13.2. The topological polar surface area (TPSA) is 95.0 Å². The van der Waals surface area contributed by atoms with Gasteiger partial charge in [0.1, 0.15) is 30.3 Å². The Kier molecular flexibility index (Phi) is 8.95. The molecule has 212 valence electrons. The highest BCUT2D eigenvalue weighted by Gasteiger charge is 2.36. The fraction of sp³-hybridized carbons (Fsp3) is 0.414. The molecule has 0 amide bonds. The summed E-state index contributed by atoms with van der Waals surface area (Å²) < 4.78 is 51.1. The molecule has 0 bridgehead atoms. The van der Waals surface area contributed by atoms with Gasteiger partial charge in [0.2, 0.25) is 0 Å². The van der Waals surface area contributed by atoms with Crippen molar-refractivity contribution >= 4 is 28.2 Å². The molecule has 40 heavy (non-hydrogen) atoms. The second-order valence-electron chi connectivity index (χ2n) is 9.82. The maximum Gasteiger partial charge on any atom is 0.195 e. The van der Waals surface area contributed by atoms with E-state index >= 15 is 0 Å². The highest BCUT2D eigenvalue weighted by atomic mass is 19.1. The molecule has 0 saturated carbocycles. The number of methoxy groups -OCH3 is 1. The van der Waals surface area contributed by atoms with Gasteiger partial charge >= 0.3 is 0 Å². The maximum atomic E-state index is 15.0. The number of aryl methyl sites for hydroxylation is 1. The van der Waals surface area contributed by atoms with E-state index in [1.807, 2.05) is 4.90 Å². The summed E-state index contributed by atoms with van der Waals surface area (Å²) in [6.07, 6.45) is 2.45. The maximum absolute atomic E-state index is 15.0. The molecule has 2 saturated heterocycles. The molecule has 2 aliphatic rings. The Labute approximate surface area is 231 Å². The first kappa shape index (κ1) is 28.0. The minimum Gasteiger partial charge on any atom is -0.491 e. The molecule has 9 nitrogen and oxygen atoms in total. The summed E-state index contributed by atoms with van der Waals surface area (Å²) in [5.41, 5.74) is 2.18. The third-order valence-corrected chi connectivity index (χ3v) is 6.97. The van der Waals surface area contributed by atoms with Crippen molar-refractivity contribution in [2.45, 2.75) is 25.6 Å². The van der Waals surface area contributed by atoms with Gasteiger partial charge in [-0.15, -0.1) is 0 Å². The van der Waals surface area contributed by atoms with Gasteiger partial charge in [-0.2, -0.15) is 0 Å². The summed E-state index contributed by atoms with van der Waals surface area (Å²) >= 11 is 0. The number of hydrogen-bond donors (Lipinski definition) is 1. The van der Waals surface area contributed by atoms with E-state index < -0.39 is 11.6 Å². The third-order valence-electron chi connectivity index (χ3n) is 6.97. The average molecular weight is 555 g/mol. The molecule has 5 rings (SSSR count). The average Bonchev–Trinajstić information content (AvgIpc) is 3.37. The van der Waals surface area contributed by atoms with Crippen LogP contribution in [0.1, 0.15) is 11.1 Å². The number of rotatable bonds is 11. The van der Waals surface area contributed by atoms with Crippen molar-refractivity contribution in [3.8, 4) is 5.75 Å². The molecular formula is C29H32F2N4O5. The number of fused-ring (bicyclic) bond motifs is 2. The Morgan fingerprint density at radius 1 is 1.15 bits per heavy atom. The number of allylic oxidation sites excluding steroid dienone is 1. The number of nitrogens with one attached hydrogen (secondary N) is 1. The molecule has 0 unspecified atom stereocenters. The Hall–Kier alpha value is -3.51. The van der Waals surface area contributed by atoms with Gasteiger partial charge in [0, 0.05) is 55.9 Å². The van der Waals surface area contributed by atoms with Crippen LogP contribution < -0.4 is 10.1 Å². The van der Waals surface area contributed by atoms with Crippen LogP contribution in [0, 0.1) is 12.7 Å². The molecule has 3 aromatic rings. The van der Waals surface area contributed by atoms with Crippen molar-refractivity contribution in [1.82, 2.24) is 14.9 Å². The van der Waals surface area contributed by atoms with Crippen LogP contribution in [0.3, 0.4) is 0 Å². The highest BCUT2D eigenvalue weighted by Crippen LogP contribution is 2.31. The number of likely N-dealkylation sites (tertiary alicyclic amines) is 1. The SMILES string of the molecule is COCCOc1cc2ncnc(Nc3ccc(F)c(C)c3)c2cc1CC(=O)/C(F)=C\CN1C[C@@H]2OCCO[C@@H]2C1. The van der Waals surface area contributed by atoms with Crippen LogP contribution in [0.25, 0.3) is 10.9 Å². The second kappa shape index (κ2) is 12.8. The molecule has 2 fully saturated rings. The van der Waals surface area contributed by atoms with Crippen LogP contribution >= 0.6 is 0 Å². The van der Waals surface area contributed by atoms with Gasteiger partial charge < -0.3 is 24.3 Å². The van der Waals surface area contributed by atoms with Crippen molar-refractivity contribution in [2.75, 3.05) is 58.5 Å². The van der Waals surface area contributed by atoms with Crippen molar-refractivity contribution in [1.29, 1.82) is 0 Å². The number of hydrogen-bond acceptors (Lipinski definition) is 9. The van der Waals surface area contributed by atoms with E-state index in [-0.39, 0.29) is 37.6 Å². The predicted molar refractivity (Wildman–Crippen MR) is 145 cm³/mol. The minimum atomic E-state index is -0.816. The van der Waals surface area contributed by atoms with E-state index in [0.29, 0.717) is 72.2 Å². The van der Waals surface area contributed by atoms with E-state index in [2.05, 4.69) is 15.3 Å². The summed E-state index contributed by atoms with van der Waals surface area (Å²) in [5.74, 6) is -0.920. The third kappa shape index (κ3) is 6.61. The van der Waals surface area contributed by atoms with Crippen LogP contribution in [-0.2, 0) is 25.4 Å². The first-order chi connectivity index (χ1) is 19.4. The zero-order chi connectivity index (χ0) is 28.1. The fourth-order valence-electron chi connectivity index (χ4n) is 4.86. The number of ketones is 1. The quantitative estimate of drug-likeness (QED) is 0.280. The molecule has 1 aromatic heterocycles. The Balaban J connectivity index is 1.36. The summed E-state index contributed by atoms with van der Waals surface area (Å²) in [5, 5.41) is 3.79. The zero-order valence-corrected chi connectivity index (χ0v) is 22.5. The molecule has 0 aliphatic carbocycles. The number of ether oxygens (including phenoxy) is 4. The van der Waals surface area contributed by atoms with Crippen LogP contribution in [0.2, 0.25) is 0 Å². The summed E-state index contributed by atoms with van der Waals surface area (Å²) in [6, 6.07) is 8.07. The lowest BCUT2D eigenvalue weighted by atomic mass is 10.0. The molecule has 0 radical (unpaired) electrons. The number of carbonyl (C=O) groups is 1. The number of aromatic nitrogens is 2. The smallest absolute Gasteiger partial charge is 0.195 e. The Morgan fingerprint density at radius 2 is 1.93 bits per heavy atom. The van der Waals surface area contributed by atoms with E-state index in [0.717, 1.165) is 0 Å². The molecular weight excluding hydrogens is 522 g/mol. The molecule has 3 heterocycles. The molecule has 2 aromatic carbocycles. The van der Waals surface area contributed by atoms with E-state index in [4.69, 9.17) is 18.9 Å². The van der Waals surface area contributed by atoms with Crippen molar-refractivity contribution < 1.29 is 32.5 Å². The second-order valence-corrected chi connectivity index (χ2v) is 9.82. The number of halogens is 2. The molecule has 11 heteroatoms. The molecule has 0 spiro atoms. The zero-order valence-electron chi connectivity index (χ0n) is 22.5. The lowest BCUT2D eigenvalue weighted by molar-refractivity contribution is -0.116. The van der Waals surface area contributed by atoms with Gasteiger partial charge in [-0.05, 0) is 42.8 Å². The van der Waals surface area contributed by atoms with Gasteiger partial charge in [-0.25, -0.2) is 18.7 Å². The summed E-state index contributed by atoms with van der Waals surface area (Å²) in [6.45, 7) is 4.92. The van der Waals surface area contributed by atoms with Crippen molar-refractivity contribution in [3.05, 3.63) is 65.5 Å². The van der Waals surface area contributed by atoms with Crippen LogP contribution in [-0.4, -0.2) is 86.0 Å². The highest BCUT2D eigenvalue weighted by molar-refractivity contribution is 5.97. The normalized spacial score (nSPS) is 19.6. The number of Topliss-reactive ketones (excluding diaryl/α,β-unsaturated/α-hetero) is 1. The van der Waals surface area contributed by atoms with E-state index in [1.165, 1.54) is 18.5 Å². The molecule has 2 atom stereocenters. The van der Waals surface area contributed by atoms with Crippen LogP contribution in [0.15, 0.2) is 48.6 Å². The van der Waals surface area contributed by atoms with Gasteiger partial charge in [0.15, 0.2) is 11.6 Å². The van der Waals surface area contributed by atoms with E-state index in [9.17, 15) is 13.6 Å². The first-order valence-corrected chi connectivity index (χ1v) is 13.2. The fourth-order valence-corrected chi connectivity index (χ4v) is 4.86. The Bertz CT molecular complexity index is 1390. The van der Waals surface area contributed by atoms with Crippen molar-refractivity contribution in [3.63, 3.8) is 0 Å². The van der Waals surface area contributed by atoms with Crippen LogP contribution in [0.4, 0.5) is 20.3 Å². The lowest BCUT2D eigenvalue weighted by Gasteiger charge is -2.24. The lowest BCUT2D eigenvalue weighted by Crippen LogP contribution is -2.36. The van der Waals surface area contributed by atoms with Gasteiger partial charge in [0.25, 0.3) is 0 Å². The standard InChI is InChI=1S/C29H32F2N4O5/c1-18-11-20(3-4-22(18)30)34-29-21-12-19(26(38-8-7-37-2)14-24(21)32-17-33-29)13-25(36)23(31)5-6-35-15-27-28(16-35)40-10-9-39-27/h3-5,11-12,14,17,27-28H,6-10,13,15-16H2,1-2H3,(H,32,33,34)/b23-5+/t27-,28+. The largest absolute Gasteiger partial charge is 0.491 e. The number of benzene rings is 2. The summed E-state index contributed by atoms with van der Waals surface area (Å²) in [4.78, 5) is 23.7. The van der Waals surface area contributed by atoms with Gasteiger partial charge in [0.05, 0.1) is 37.5 Å².